The summed E-state index contributed by atoms with van der Waals surface area (Å²) < 4.78 is 16.6. The smallest absolute Gasteiger partial charge is 0.333 e. The third-order valence-electron chi connectivity index (χ3n) is 5.11. The van der Waals surface area contributed by atoms with Gasteiger partial charge in [0.15, 0.2) is 8.32 Å². The van der Waals surface area contributed by atoms with Crippen LogP contribution in [0.25, 0.3) is 0 Å². The summed E-state index contributed by atoms with van der Waals surface area (Å²) in [5.74, 6) is -0.140. The number of esters is 1. The van der Waals surface area contributed by atoms with E-state index in [0.717, 1.165) is 12.0 Å². The van der Waals surface area contributed by atoms with Gasteiger partial charge in [-0.2, -0.15) is 0 Å². The molecule has 0 heterocycles. The Morgan fingerprint density at radius 2 is 1.70 bits per heavy atom. The normalized spacial score (nSPS) is 16.5. The lowest BCUT2D eigenvalue weighted by Crippen LogP contribution is -2.41. The zero-order chi connectivity index (χ0) is 21.3. The van der Waals surface area contributed by atoms with Gasteiger partial charge in [-0.3, -0.25) is 0 Å². The molecule has 5 heteroatoms. The SMILES string of the molecule is COC(=O)/C(C)=C/[C@H](C)/C=C/C(C)=C/[C@H](CCO[Si](C)(C)C(C)(C)C)OC. The fourth-order valence-electron chi connectivity index (χ4n) is 2.25. The molecule has 0 rings (SSSR count). The monoisotopic (exact) mass is 396 g/mol. The molecule has 0 aliphatic carbocycles. The third kappa shape index (κ3) is 10.1. The van der Waals surface area contributed by atoms with Crippen LogP contribution in [0.15, 0.2) is 35.5 Å². The quantitative estimate of drug-likeness (QED) is 0.206. The maximum absolute atomic E-state index is 11.5. The van der Waals surface area contributed by atoms with Gasteiger partial charge in [-0.1, -0.05) is 57.6 Å². The van der Waals surface area contributed by atoms with E-state index in [1.165, 1.54) is 7.11 Å². The fourth-order valence-corrected chi connectivity index (χ4v) is 3.31. The van der Waals surface area contributed by atoms with E-state index in [0.29, 0.717) is 12.2 Å². The zero-order valence-electron chi connectivity index (χ0n) is 19.0. The van der Waals surface area contributed by atoms with Crippen molar-refractivity contribution in [3.8, 4) is 0 Å². The average molecular weight is 397 g/mol. The Bertz CT molecular complexity index is 553. The number of allylic oxidation sites excluding steroid dienone is 4. The van der Waals surface area contributed by atoms with Crippen LogP contribution >= 0.6 is 0 Å². The molecule has 0 aromatic carbocycles. The molecule has 0 aliphatic rings. The summed E-state index contributed by atoms with van der Waals surface area (Å²) in [6.07, 6.45) is 9.02. The number of rotatable bonds is 10. The molecule has 0 amide bonds. The highest BCUT2D eigenvalue weighted by molar-refractivity contribution is 6.74. The van der Waals surface area contributed by atoms with Crippen molar-refractivity contribution in [3.05, 3.63) is 35.5 Å². The topological polar surface area (TPSA) is 44.8 Å². The van der Waals surface area contributed by atoms with Gasteiger partial charge in [-0.15, -0.1) is 0 Å². The molecule has 0 spiro atoms. The van der Waals surface area contributed by atoms with Crippen molar-refractivity contribution in [2.45, 2.75) is 72.2 Å². The minimum atomic E-state index is -1.72. The van der Waals surface area contributed by atoms with Gasteiger partial charge in [-0.05, 0) is 44.3 Å². The first-order valence-electron chi connectivity index (χ1n) is 9.64. The van der Waals surface area contributed by atoms with Gasteiger partial charge in [0.25, 0.3) is 0 Å². The molecule has 27 heavy (non-hydrogen) atoms. The second-order valence-corrected chi connectivity index (χ2v) is 13.5. The maximum atomic E-state index is 11.5. The number of carbonyl (C=O) groups is 1. The summed E-state index contributed by atoms with van der Waals surface area (Å²) >= 11 is 0. The summed E-state index contributed by atoms with van der Waals surface area (Å²) in [6, 6.07) is 0. The number of hydrogen-bond donors (Lipinski definition) is 0. The van der Waals surface area contributed by atoms with Gasteiger partial charge in [0, 0.05) is 19.3 Å². The summed E-state index contributed by atoms with van der Waals surface area (Å²) in [4.78, 5) is 11.5. The highest BCUT2D eigenvalue weighted by Crippen LogP contribution is 2.36. The van der Waals surface area contributed by atoms with Gasteiger partial charge < -0.3 is 13.9 Å². The van der Waals surface area contributed by atoms with Crippen LogP contribution in [0.5, 0.6) is 0 Å². The minimum Gasteiger partial charge on any atom is -0.466 e. The molecule has 0 radical (unpaired) electrons. The van der Waals surface area contributed by atoms with Gasteiger partial charge >= 0.3 is 5.97 Å². The number of methoxy groups -OCH3 is 2. The second kappa shape index (κ2) is 11.6. The van der Waals surface area contributed by atoms with E-state index >= 15 is 0 Å². The number of carbonyl (C=O) groups excluding carboxylic acids is 1. The van der Waals surface area contributed by atoms with E-state index in [1.807, 2.05) is 13.0 Å². The van der Waals surface area contributed by atoms with Crippen molar-refractivity contribution < 1.29 is 18.7 Å². The van der Waals surface area contributed by atoms with Crippen LogP contribution in [0, 0.1) is 5.92 Å². The standard InChI is InChI=1S/C22H40O4Si/c1-17(15-19(3)21(23)25-8)11-12-18(2)16-20(24-7)13-14-26-27(9,10)22(4,5)6/h11-12,15-17,20H,13-14H2,1-10H3/b12-11+,18-16+,19-15+/t17-,20+/m1/s1. The molecule has 0 bridgehead atoms. The highest BCUT2D eigenvalue weighted by atomic mass is 28.4. The van der Waals surface area contributed by atoms with Crippen molar-refractivity contribution >= 4 is 14.3 Å². The first-order valence-corrected chi connectivity index (χ1v) is 12.5. The molecule has 0 aliphatic heterocycles. The summed E-state index contributed by atoms with van der Waals surface area (Å²) in [6.45, 7) is 17.9. The fraction of sp³-hybridized carbons (Fsp3) is 0.682. The largest absolute Gasteiger partial charge is 0.466 e. The second-order valence-electron chi connectivity index (χ2n) is 8.64. The van der Waals surface area contributed by atoms with E-state index in [9.17, 15) is 4.79 Å². The van der Waals surface area contributed by atoms with Crippen molar-refractivity contribution in [2.24, 2.45) is 5.92 Å². The molecule has 0 unspecified atom stereocenters. The summed E-state index contributed by atoms with van der Waals surface area (Å²) in [5, 5.41) is 0.218. The third-order valence-corrected chi connectivity index (χ3v) is 9.64. The van der Waals surface area contributed by atoms with Gasteiger partial charge in [0.05, 0.1) is 13.2 Å². The van der Waals surface area contributed by atoms with Crippen molar-refractivity contribution in [3.63, 3.8) is 0 Å². The first-order chi connectivity index (χ1) is 12.3. The number of hydrogen-bond acceptors (Lipinski definition) is 4. The Kier molecular flexibility index (Phi) is 11.1. The molecule has 156 valence electrons. The van der Waals surface area contributed by atoms with Crippen LogP contribution < -0.4 is 0 Å². The summed E-state index contributed by atoms with van der Waals surface area (Å²) in [5.41, 5.74) is 1.75. The van der Waals surface area contributed by atoms with E-state index < -0.39 is 8.32 Å². The van der Waals surface area contributed by atoms with Crippen LogP contribution in [0.1, 0.15) is 48.0 Å². The van der Waals surface area contributed by atoms with Crippen LogP contribution in [-0.2, 0) is 18.7 Å². The Balaban J connectivity index is 4.74. The molecule has 2 atom stereocenters. The lowest BCUT2D eigenvalue weighted by atomic mass is 10.1. The zero-order valence-corrected chi connectivity index (χ0v) is 20.0. The van der Waals surface area contributed by atoms with Gasteiger partial charge in [0.1, 0.15) is 0 Å². The van der Waals surface area contributed by atoms with E-state index in [2.05, 4.69) is 59.0 Å². The molecule has 0 aromatic rings. The molecular weight excluding hydrogens is 356 g/mol. The van der Waals surface area contributed by atoms with Crippen molar-refractivity contribution in [2.75, 3.05) is 20.8 Å². The molecule has 0 saturated heterocycles. The van der Waals surface area contributed by atoms with Crippen molar-refractivity contribution in [1.82, 2.24) is 0 Å². The maximum Gasteiger partial charge on any atom is 0.333 e. The number of ether oxygens (including phenoxy) is 2. The van der Waals surface area contributed by atoms with E-state index in [1.54, 1.807) is 14.0 Å². The molecule has 4 nitrogen and oxygen atoms in total. The Morgan fingerprint density at radius 3 is 2.19 bits per heavy atom. The predicted octanol–water partition coefficient (Wildman–Crippen LogP) is 5.67. The van der Waals surface area contributed by atoms with Crippen LogP contribution in [0.4, 0.5) is 0 Å². The molecular formula is C22H40O4Si. The van der Waals surface area contributed by atoms with Gasteiger partial charge in [-0.25, -0.2) is 4.79 Å². The lowest BCUT2D eigenvalue weighted by molar-refractivity contribution is -0.136. The highest BCUT2D eigenvalue weighted by Gasteiger charge is 2.36. The summed E-state index contributed by atoms with van der Waals surface area (Å²) in [7, 11) is 1.41. The van der Waals surface area contributed by atoms with Crippen LogP contribution in [-0.4, -0.2) is 41.2 Å². The average Bonchev–Trinajstić information content (AvgIpc) is 2.56. The van der Waals surface area contributed by atoms with E-state index in [4.69, 9.17) is 13.9 Å². The lowest BCUT2D eigenvalue weighted by Gasteiger charge is -2.36. The van der Waals surface area contributed by atoms with Gasteiger partial charge in [0.2, 0.25) is 0 Å². The molecule has 0 fully saturated rings. The van der Waals surface area contributed by atoms with Crippen LogP contribution in [0.2, 0.25) is 18.1 Å². The molecule has 0 saturated carbocycles. The Hall–Kier alpha value is -1.17. The molecule has 0 aromatic heterocycles. The molecule has 0 N–H and O–H groups in total. The van der Waals surface area contributed by atoms with E-state index in [-0.39, 0.29) is 23.0 Å². The first kappa shape index (κ1) is 25.8. The predicted molar refractivity (Wildman–Crippen MR) is 116 cm³/mol. The van der Waals surface area contributed by atoms with Crippen molar-refractivity contribution in [1.29, 1.82) is 0 Å². The minimum absolute atomic E-state index is 0.0297. The Morgan fingerprint density at radius 1 is 1.11 bits per heavy atom. The Labute approximate surface area is 167 Å². The van der Waals surface area contributed by atoms with Crippen LogP contribution in [0.3, 0.4) is 0 Å².